The highest BCUT2D eigenvalue weighted by molar-refractivity contribution is 7.89. The van der Waals surface area contributed by atoms with E-state index in [4.69, 9.17) is 16.7 Å². The van der Waals surface area contributed by atoms with Crippen molar-refractivity contribution in [1.29, 1.82) is 0 Å². The number of aliphatic hydroxyl groups is 1. The van der Waals surface area contributed by atoms with E-state index in [2.05, 4.69) is 0 Å². The summed E-state index contributed by atoms with van der Waals surface area (Å²) in [5.41, 5.74) is 0. The molecule has 1 heterocycles. The van der Waals surface area contributed by atoms with E-state index in [0.29, 0.717) is 0 Å². The Labute approximate surface area is 97.3 Å². The SMILES string of the molecule is O=S(=O)(c1cccc(Cl)c1F)N1CC(O)C1. The number of hydrogen-bond acceptors (Lipinski definition) is 3. The summed E-state index contributed by atoms with van der Waals surface area (Å²) in [7, 11) is -3.87. The molecule has 1 aromatic rings. The standard InChI is InChI=1S/C9H9ClFNO3S/c10-7-2-1-3-8(9(7)11)16(14,15)12-4-6(13)5-12/h1-3,6,13H,4-5H2. The lowest BCUT2D eigenvalue weighted by Crippen LogP contribution is -2.53. The summed E-state index contributed by atoms with van der Waals surface area (Å²) in [5, 5.41) is 8.79. The van der Waals surface area contributed by atoms with Gasteiger partial charge in [0.15, 0.2) is 5.82 Å². The highest BCUT2D eigenvalue weighted by atomic mass is 35.5. The molecule has 16 heavy (non-hydrogen) atoms. The zero-order valence-corrected chi connectivity index (χ0v) is 9.67. The number of β-amino-alcohol motifs (C(OH)–C–C–N with tert-alkyl or cyclic N) is 1. The predicted octanol–water partition coefficient (Wildman–Crippen LogP) is 0.844. The Morgan fingerprint density at radius 3 is 2.62 bits per heavy atom. The summed E-state index contributed by atoms with van der Waals surface area (Å²) in [5.74, 6) is -0.953. The molecule has 88 valence electrons. The number of sulfonamides is 1. The fourth-order valence-electron chi connectivity index (χ4n) is 1.44. The number of rotatable bonds is 2. The largest absolute Gasteiger partial charge is 0.390 e. The van der Waals surface area contributed by atoms with Crippen molar-refractivity contribution in [2.24, 2.45) is 0 Å². The van der Waals surface area contributed by atoms with Crippen LogP contribution in [0.3, 0.4) is 0 Å². The molecule has 0 aromatic heterocycles. The quantitative estimate of drug-likeness (QED) is 0.862. The fourth-order valence-corrected chi connectivity index (χ4v) is 3.27. The molecule has 1 aromatic carbocycles. The summed E-state index contributed by atoms with van der Waals surface area (Å²) in [6.45, 7) is -0.0113. The van der Waals surface area contributed by atoms with Gasteiger partial charge in [0, 0.05) is 13.1 Å². The molecule has 1 aliphatic heterocycles. The van der Waals surface area contributed by atoms with Gasteiger partial charge in [-0.3, -0.25) is 0 Å². The van der Waals surface area contributed by atoms with Crippen molar-refractivity contribution in [3.8, 4) is 0 Å². The molecule has 7 heteroatoms. The third-order valence-electron chi connectivity index (χ3n) is 2.36. The number of aliphatic hydroxyl groups excluding tert-OH is 1. The second-order valence-corrected chi connectivity index (χ2v) is 5.84. The summed E-state index contributed by atoms with van der Waals surface area (Å²) >= 11 is 5.51. The van der Waals surface area contributed by atoms with Crippen molar-refractivity contribution in [3.05, 3.63) is 29.0 Å². The van der Waals surface area contributed by atoms with Crippen molar-refractivity contribution in [1.82, 2.24) is 4.31 Å². The normalized spacial score (nSPS) is 18.4. The average Bonchev–Trinajstić information content (AvgIpc) is 2.17. The molecule has 1 saturated heterocycles. The lowest BCUT2D eigenvalue weighted by atomic mass is 10.2. The van der Waals surface area contributed by atoms with E-state index in [1.165, 1.54) is 12.1 Å². The van der Waals surface area contributed by atoms with Gasteiger partial charge in [-0.1, -0.05) is 17.7 Å². The Morgan fingerprint density at radius 2 is 2.06 bits per heavy atom. The maximum Gasteiger partial charge on any atom is 0.246 e. The average molecular weight is 266 g/mol. The second kappa shape index (κ2) is 3.96. The Morgan fingerprint density at radius 1 is 1.44 bits per heavy atom. The molecular formula is C9H9ClFNO3S. The van der Waals surface area contributed by atoms with Gasteiger partial charge in [0.2, 0.25) is 10.0 Å². The van der Waals surface area contributed by atoms with Gasteiger partial charge in [-0.2, -0.15) is 4.31 Å². The van der Waals surface area contributed by atoms with Crippen LogP contribution in [-0.2, 0) is 10.0 Å². The van der Waals surface area contributed by atoms with Crippen LogP contribution in [0.4, 0.5) is 4.39 Å². The van der Waals surface area contributed by atoms with Crippen molar-refractivity contribution >= 4 is 21.6 Å². The first-order chi connectivity index (χ1) is 7.43. The summed E-state index contributed by atoms with van der Waals surface area (Å²) in [6, 6.07) is 3.80. The maximum atomic E-state index is 13.5. The number of hydrogen-bond donors (Lipinski definition) is 1. The Balaban J connectivity index is 2.40. The van der Waals surface area contributed by atoms with E-state index in [-0.39, 0.29) is 18.1 Å². The van der Waals surface area contributed by atoms with Crippen molar-refractivity contribution in [2.75, 3.05) is 13.1 Å². The lowest BCUT2D eigenvalue weighted by Gasteiger charge is -2.34. The fraction of sp³-hybridized carbons (Fsp3) is 0.333. The van der Waals surface area contributed by atoms with E-state index in [0.717, 1.165) is 10.4 Å². The van der Waals surface area contributed by atoms with Crippen molar-refractivity contribution < 1.29 is 17.9 Å². The van der Waals surface area contributed by atoms with Crippen LogP contribution in [0.25, 0.3) is 0 Å². The molecule has 0 aliphatic carbocycles. The third kappa shape index (κ3) is 1.82. The van der Waals surface area contributed by atoms with Gasteiger partial charge in [-0.25, -0.2) is 12.8 Å². The summed E-state index contributed by atoms with van der Waals surface area (Å²) in [4.78, 5) is -0.452. The Bertz CT molecular complexity index is 513. The lowest BCUT2D eigenvalue weighted by molar-refractivity contribution is 0.0546. The van der Waals surface area contributed by atoms with Gasteiger partial charge >= 0.3 is 0 Å². The molecule has 0 atom stereocenters. The van der Waals surface area contributed by atoms with Crippen molar-refractivity contribution in [2.45, 2.75) is 11.0 Å². The van der Waals surface area contributed by atoms with Gasteiger partial charge in [0.25, 0.3) is 0 Å². The molecule has 1 fully saturated rings. The molecule has 0 amide bonds. The maximum absolute atomic E-state index is 13.5. The van der Waals surface area contributed by atoms with Gasteiger partial charge < -0.3 is 5.11 Å². The van der Waals surface area contributed by atoms with Crippen LogP contribution in [0.1, 0.15) is 0 Å². The molecular weight excluding hydrogens is 257 g/mol. The Kier molecular flexibility index (Phi) is 2.91. The number of benzene rings is 1. The minimum absolute atomic E-state index is 0.00567. The van der Waals surface area contributed by atoms with E-state index < -0.39 is 26.8 Å². The molecule has 0 saturated carbocycles. The zero-order chi connectivity index (χ0) is 11.9. The number of nitrogens with zero attached hydrogens (tertiary/aromatic N) is 1. The smallest absolute Gasteiger partial charge is 0.246 e. The van der Waals surface area contributed by atoms with E-state index >= 15 is 0 Å². The summed E-state index contributed by atoms with van der Waals surface area (Å²) < 4.78 is 38.2. The van der Waals surface area contributed by atoms with E-state index in [9.17, 15) is 12.8 Å². The molecule has 0 radical (unpaired) electrons. The van der Waals surface area contributed by atoms with Gasteiger partial charge in [-0.05, 0) is 12.1 Å². The molecule has 1 aliphatic rings. The molecule has 0 unspecified atom stereocenters. The molecule has 1 N–H and O–H groups in total. The minimum Gasteiger partial charge on any atom is -0.390 e. The van der Waals surface area contributed by atoms with Crippen LogP contribution < -0.4 is 0 Å². The number of halogens is 2. The first kappa shape index (κ1) is 11.8. The highest BCUT2D eigenvalue weighted by Crippen LogP contribution is 2.27. The molecule has 4 nitrogen and oxygen atoms in total. The molecule has 0 bridgehead atoms. The van der Waals surface area contributed by atoms with Crippen LogP contribution in [-0.4, -0.2) is 37.0 Å². The van der Waals surface area contributed by atoms with Crippen LogP contribution in [0, 0.1) is 5.82 Å². The Hall–Kier alpha value is -0.690. The summed E-state index contributed by atoms with van der Waals surface area (Å²) in [6.07, 6.45) is -0.669. The monoisotopic (exact) mass is 265 g/mol. The van der Waals surface area contributed by atoms with E-state index in [1.54, 1.807) is 0 Å². The van der Waals surface area contributed by atoms with E-state index in [1.807, 2.05) is 0 Å². The first-order valence-electron chi connectivity index (χ1n) is 4.55. The zero-order valence-electron chi connectivity index (χ0n) is 8.10. The van der Waals surface area contributed by atoms with Gasteiger partial charge in [0.1, 0.15) is 4.90 Å². The minimum atomic E-state index is -3.87. The van der Waals surface area contributed by atoms with Crippen LogP contribution >= 0.6 is 11.6 Å². The topological polar surface area (TPSA) is 57.6 Å². The third-order valence-corrected chi connectivity index (χ3v) is 4.50. The van der Waals surface area contributed by atoms with Gasteiger partial charge in [0.05, 0.1) is 11.1 Å². The molecule has 2 rings (SSSR count). The van der Waals surface area contributed by atoms with Crippen LogP contribution in [0.15, 0.2) is 23.1 Å². The predicted molar refractivity (Wildman–Crippen MR) is 56.2 cm³/mol. The first-order valence-corrected chi connectivity index (χ1v) is 6.37. The van der Waals surface area contributed by atoms with Gasteiger partial charge in [-0.15, -0.1) is 0 Å². The van der Waals surface area contributed by atoms with Crippen LogP contribution in [0.5, 0.6) is 0 Å². The second-order valence-electron chi connectivity index (χ2n) is 3.53. The van der Waals surface area contributed by atoms with Crippen molar-refractivity contribution in [3.63, 3.8) is 0 Å². The van der Waals surface area contributed by atoms with Crippen LogP contribution in [0.2, 0.25) is 5.02 Å². The molecule has 0 spiro atoms. The highest BCUT2D eigenvalue weighted by Gasteiger charge is 2.37.